The van der Waals surface area contributed by atoms with Gasteiger partial charge in [-0.15, -0.1) is 12.4 Å². The molecule has 1 heterocycles. The molecule has 0 bridgehead atoms. The van der Waals surface area contributed by atoms with Gasteiger partial charge in [-0.3, -0.25) is 4.98 Å². The summed E-state index contributed by atoms with van der Waals surface area (Å²) < 4.78 is 1.01. The topological polar surface area (TPSA) is 38.9 Å². The van der Waals surface area contributed by atoms with Crippen LogP contribution < -0.4 is 5.73 Å². The predicted molar refractivity (Wildman–Crippen MR) is 64.6 cm³/mol. The number of nitrogens with two attached hydrogens (primary N) is 1. The van der Waals surface area contributed by atoms with Gasteiger partial charge in [0.2, 0.25) is 0 Å². The molecule has 0 aliphatic heterocycles. The molecule has 1 aromatic carbocycles. The van der Waals surface area contributed by atoms with E-state index in [0.29, 0.717) is 6.54 Å². The Morgan fingerprint density at radius 2 is 2.00 bits per heavy atom. The van der Waals surface area contributed by atoms with Crippen LogP contribution in [0.15, 0.2) is 34.8 Å². The number of hydrogen-bond acceptors (Lipinski definition) is 2. The van der Waals surface area contributed by atoms with Gasteiger partial charge >= 0.3 is 0 Å². The highest BCUT2D eigenvalue weighted by atomic mass is 79.9. The van der Waals surface area contributed by atoms with Crippen molar-refractivity contribution in [3.63, 3.8) is 0 Å². The SMILES string of the molecule is Cl.NCc1ccc2cccc(Br)c2n1. The first-order valence-corrected chi connectivity index (χ1v) is 4.85. The molecule has 2 nitrogen and oxygen atoms in total. The molecule has 74 valence electrons. The Morgan fingerprint density at radius 3 is 2.71 bits per heavy atom. The first-order valence-electron chi connectivity index (χ1n) is 4.05. The average molecular weight is 274 g/mol. The summed E-state index contributed by atoms with van der Waals surface area (Å²) in [7, 11) is 0. The number of fused-ring (bicyclic) bond motifs is 1. The van der Waals surface area contributed by atoms with Crippen LogP contribution in [0.3, 0.4) is 0 Å². The number of pyridine rings is 1. The van der Waals surface area contributed by atoms with E-state index >= 15 is 0 Å². The fourth-order valence-corrected chi connectivity index (χ4v) is 1.74. The third-order valence-electron chi connectivity index (χ3n) is 1.94. The van der Waals surface area contributed by atoms with Gasteiger partial charge in [-0.05, 0) is 28.1 Å². The van der Waals surface area contributed by atoms with Crippen molar-refractivity contribution in [2.24, 2.45) is 5.73 Å². The van der Waals surface area contributed by atoms with Gasteiger partial charge in [0.1, 0.15) is 0 Å². The Balaban J connectivity index is 0.000000980. The second kappa shape index (κ2) is 4.73. The van der Waals surface area contributed by atoms with Gasteiger partial charge in [0.15, 0.2) is 0 Å². The molecule has 2 aromatic rings. The van der Waals surface area contributed by atoms with Crippen molar-refractivity contribution in [1.29, 1.82) is 0 Å². The number of rotatable bonds is 1. The van der Waals surface area contributed by atoms with Gasteiger partial charge in [0, 0.05) is 16.4 Å². The van der Waals surface area contributed by atoms with Crippen LogP contribution in [0.5, 0.6) is 0 Å². The van der Waals surface area contributed by atoms with Crippen LogP contribution in [-0.2, 0) is 6.54 Å². The highest BCUT2D eigenvalue weighted by Crippen LogP contribution is 2.21. The molecule has 0 amide bonds. The zero-order valence-electron chi connectivity index (χ0n) is 7.40. The van der Waals surface area contributed by atoms with E-state index in [4.69, 9.17) is 5.73 Å². The molecule has 0 saturated carbocycles. The maximum atomic E-state index is 5.51. The van der Waals surface area contributed by atoms with Crippen molar-refractivity contribution in [2.45, 2.75) is 6.54 Å². The lowest BCUT2D eigenvalue weighted by Gasteiger charge is -2.01. The highest BCUT2D eigenvalue weighted by molar-refractivity contribution is 9.10. The first-order chi connectivity index (χ1) is 6.31. The summed E-state index contributed by atoms with van der Waals surface area (Å²) in [6, 6.07) is 10.0. The van der Waals surface area contributed by atoms with E-state index in [1.807, 2.05) is 30.3 Å². The van der Waals surface area contributed by atoms with Crippen LogP contribution in [0.1, 0.15) is 5.69 Å². The zero-order chi connectivity index (χ0) is 9.26. The Kier molecular flexibility index (Phi) is 3.86. The Hall–Kier alpha value is -0.640. The maximum absolute atomic E-state index is 5.51. The highest BCUT2D eigenvalue weighted by Gasteiger charge is 1.99. The van der Waals surface area contributed by atoms with Crippen LogP contribution in [0.4, 0.5) is 0 Å². The maximum Gasteiger partial charge on any atom is 0.0847 e. The molecule has 2 N–H and O–H groups in total. The first kappa shape index (κ1) is 11.4. The van der Waals surface area contributed by atoms with E-state index in [1.54, 1.807) is 0 Å². The molecule has 0 aliphatic carbocycles. The van der Waals surface area contributed by atoms with Crippen molar-refractivity contribution in [1.82, 2.24) is 4.98 Å². The monoisotopic (exact) mass is 272 g/mol. The van der Waals surface area contributed by atoms with Crippen LogP contribution in [0, 0.1) is 0 Å². The lowest BCUT2D eigenvalue weighted by Crippen LogP contribution is -1.99. The predicted octanol–water partition coefficient (Wildman–Crippen LogP) is 2.88. The van der Waals surface area contributed by atoms with Crippen molar-refractivity contribution in [3.05, 3.63) is 40.5 Å². The Morgan fingerprint density at radius 1 is 1.21 bits per heavy atom. The molecule has 0 radical (unpaired) electrons. The minimum atomic E-state index is 0. The summed E-state index contributed by atoms with van der Waals surface area (Å²) in [4.78, 5) is 4.42. The van der Waals surface area contributed by atoms with E-state index in [2.05, 4.69) is 20.9 Å². The van der Waals surface area contributed by atoms with E-state index in [9.17, 15) is 0 Å². The number of aromatic nitrogens is 1. The van der Waals surface area contributed by atoms with Crippen LogP contribution in [0.2, 0.25) is 0 Å². The molecule has 0 fully saturated rings. The molecule has 0 aliphatic rings. The molecular formula is C10H10BrClN2. The van der Waals surface area contributed by atoms with Crippen LogP contribution >= 0.6 is 28.3 Å². The normalized spacial score (nSPS) is 9.86. The fraction of sp³-hybridized carbons (Fsp3) is 0.100. The van der Waals surface area contributed by atoms with Gasteiger partial charge in [0.05, 0.1) is 11.2 Å². The van der Waals surface area contributed by atoms with Gasteiger partial charge in [-0.25, -0.2) is 0 Å². The van der Waals surface area contributed by atoms with Gasteiger partial charge in [0.25, 0.3) is 0 Å². The van der Waals surface area contributed by atoms with Crippen LogP contribution in [0.25, 0.3) is 10.9 Å². The quantitative estimate of drug-likeness (QED) is 0.868. The Labute approximate surface area is 97.1 Å². The summed E-state index contributed by atoms with van der Waals surface area (Å²) in [5.41, 5.74) is 7.41. The third-order valence-corrected chi connectivity index (χ3v) is 2.58. The number of benzene rings is 1. The standard InChI is InChI=1S/C10H9BrN2.ClH/c11-9-3-1-2-7-4-5-8(6-12)13-10(7)9;/h1-5H,6,12H2;1H. The minimum Gasteiger partial charge on any atom is -0.325 e. The van der Waals surface area contributed by atoms with E-state index < -0.39 is 0 Å². The molecular weight excluding hydrogens is 263 g/mol. The van der Waals surface area contributed by atoms with Gasteiger partial charge in [-0.2, -0.15) is 0 Å². The smallest absolute Gasteiger partial charge is 0.0847 e. The molecule has 14 heavy (non-hydrogen) atoms. The Bertz CT molecular complexity index is 445. The van der Waals surface area contributed by atoms with Gasteiger partial charge < -0.3 is 5.73 Å². The molecule has 4 heteroatoms. The molecule has 0 saturated heterocycles. The average Bonchev–Trinajstić information content (AvgIpc) is 2.18. The van der Waals surface area contributed by atoms with Crippen molar-refractivity contribution >= 4 is 39.2 Å². The molecule has 0 spiro atoms. The minimum absolute atomic E-state index is 0. The summed E-state index contributed by atoms with van der Waals surface area (Å²) in [5, 5.41) is 1.13. The van der Waals surface area contributed by atoms with E-state index in [1.165, 1.54) is 0 Å². The third kappa shape index (κ3) is 2.05. The number of nitrogens with zero attached hydrogens (tertiary/aromatic N) is 1. The van der Waals surface area contributed by atoms with Crippen LogP contribution in [-0.4, -0.2) is 4.98 Å². The van der Waals surface area contributed by atoms with Crippen molar-refractivity contribution < 1.29 is 0 Å². The summed E-state index contributed by atoms with van der Waals surface area (Å²) >= 11 is 3.46. The summed E-state index contributed by atoms with van der Waals surface area (Å²) in [5.74, 6) is 0. The lowest BCUT2D eigenvalue weighted by atomic mass is 10.2. The second-order valence-corrected chi connectivity index (χ2v) is 3.67. The van der Waals surface area contributed by atoms with E-state index in [0.717, 1.165) is 21.1 Å². The van der Waals surface area contributed by atoms with Gasteiger partial charge in [-0.1, -0.05) is 18.2 Å². The number of halogens is 2. The number of hydrogen-bond donors (Lipinski definition) is 1. The molecule has 0 unspecified atom stereocenters. The fourth-order valence-electron chi connectivity index (χ4n) is 1.26. The molecule has 1 aromatic heterocycles. The van der Waals surface area contributed by atoms with E-state index in [-0.39, 0.29) is 12.4 Å². The largest absolute Gasteiger partial charge is 0.325 e. The number of para-hydroxylation sites is 1. The van der Waals surface area contributed by atoms with Crippen molar-refractivity contribution in [2.75, 3.05) is 0 Å². The zero-order valence-corrected chi connectivity index (χ0v) is 9.81. The molecule has 0 atom stereocenters. The lowest BCUT2D eigenvalue weighted by molar-refractivity contribution is 1.01. The van der Waals surface area contributed by atoms with Crippen molar-refractivity contribution in [3.8, 4) is 0 Å². The molecule has 2 rings (SSSR count). The summed E-state index contributed by atoms with van der Waals surface area (Å²) in [6.45, 7) is 0.483. The summed E-state index contributed by atoms with van der Waals surface area (Å²) in [6.07, 6.45) is 0. The second-order valence-electron chi connectivity index (χ2n) is 2.82.